The Morgan fingerprint density at radius 3 is 2.73 bits per heavy atom. The van der Waals surface area contributed by atoms with Gasteiger partial charge in [-0.3, -0.25) is 4.79 Å². The Labute approximate surface area is 85.1 Å². The molecule has 0 atom stereocenters. The van der Waals surface area contributed by atoms with Crippen molar-refractivity contribution in [2.45, 2.75) is 13.0 Å². The summed E-state index contributed by atoms with van der Waals surface area (Å²) in [6.45, 7) is -0.00937. The summed E-state index contributed by atoms with van der Waals surface area (Å²) in [7, 11) is 1.21. The van der Waals surface area contributed by atoms with E-state index in [1.54, 1.807) is 0 Å². The number of halogens is 2. The van der Waals surface area contributed by atoms with Gasteiger partial charge in [-0.1, -0.05) is 0 Å². The highest BCUT2D eigenvalue weighted by Gasteiger charge is 2.20. The number of hydrogen-bond acceptors (Lipinski definition) is 4. The fraction of sp³-hybridized carbons (Fsp3) is 0.333. The topological polar surface area (TPSA) is 65.2 Å². The number of ether oxygens (including phenoxy) is 1. The van der Waals surface area contributed by atoms with E-state index in [0.29, 0.717) is 6.29 Å². The molecule has 0 radical (unpaired) electrons. The van der Waals surface area contributed by atoms with Crippen LogP contribution in [-0.2, 0) is 6.54 Å². The fourth-order valence-corrected chi connectivity index (χ4v) is 1.19. The normalized spacial score (nSPS) is 10.5. The molecule has 15 heavy (non-hydrogen) atoms. The van der Waals surface area contributed by atoms with Crippen LogP contribution in [0.2, 0.25) is 0 Å². The molecule has 82 valence electrons. The lowest BCUT2D eigenvalue weighted by Crippen LogP contribution is -2.07. The molecule has 2 N–H and O–H groups in total. The second-order valence-corrected chi connectivity index (χ2v) is 2.74. The van der Waals surface area contributed by atoms with Crippen LogP contribution in [0, 0.1) is 0 Å². The number of nitrogens with two attached hydrogens (primary N) is 1. The summed E-state index contributed by atoms with van der Waals surface area (Å²) in [5, 5.41) is 0. The van der Waals surface area contributed by atoms with Gasteiger partial charge in [0.25, 0.3) is 6.43 Å². The maximum Gasteiger partial charge on any atom is 0.284 e. The highest BCUT2D eigenvalue weighted by Crippen LogP contribution is 2.30. The molecule has 1 aromatic rings. The van der Waals surface area contributed by atoms with E-state index < -0.39 is 12.1 Å². The van der Waals surface area contributed by atoms with E-state index in [2.05, 4.69) is 4.98 Å². The second kappa shape index (κ2) is 4.79. The summed E-state index contributed by atoms with van der Waals surface area (Å²) in [6, 6.07) is 1.33. The van der Waals surface area contributed by atoms with Crippen LogP contribution in [0.25, 0.3) is 0 Å². The third kappa shape index (κ3) is 2.27. The molecule has 0 fully saturated rings. The van der Waals surface area contributed by atoms with Crippen LogP contribution in [0.5, 0.6) is 5.75 Å². The molecule has 0 aliphatic carbocycles. The van der Waals surface area contributed by atoms with Gasteiger partial charge < -0.3 is 10.5 Å². The second-order valence-electron chi connectivity index (χ2n) is 2.74. The zero-order chi connectivity index (χ0) is 11.4. The number of pyridine rings is 1. The Hall–Kier alpha value is -1.56. The Balaban J connectivity index is 3.38. The van der Waals surface area contributed by atoms with Crippen LogP contribution >= 0.6 is 0 Å². The first-order chi connectivity index (χ1) is 7.13. The van der Waals surface area contributed by atoms with Crippen molar-refractivity contribution in [2.24, 2.45) is 5.73 Å². The maximum atomic E-state index is 12.5. The van der Waals surface area contributed by atoms with Gasteiger partial charge in [0.1, 0.15) is 5.69 Å². The molecule has 0 saturated heterocycles. The van der Waals surface area contributed by atoms with Crippen LogP contribution in [-0.4, -0.2) is 18.4 Å². The molecule has 0 aromatic carbocycles. The number of aromatic nitrogens is 1. The molecule has 6 heteroatoms. The standard InChI is InChI=1S/C9H10F2N2O2/c1-15-8-5(4-14)2-6(3-12)13-7(8)9(10)11/h2,4,9H,3,12H2,1H3. The molecule has 0 spiro atoms. The third-order valence-corrected chi connectivity index (χ3v) is 1.83. The van der Waals surface area contributed by atoms with Crippen molar-refractivity contribution < 1.29 is 18.3 Å². The number of rotatable bonds is 4. The van der Waals surface area contributed by atoms with E-state index in [0.717, 1.165) is 0 Å². The number of hydrogen-bond donors (Lipinski definition) is 1. The van der Waals surface area contributed by atoms with E-state index in [1.165, 1.54) is 13.2 Å². The van der Waals surface area contributed by atoms with Crippen LogP contribution in [0.1, 0.15) is 28.2 Å². The molecule has 1 heterocycles. The van der Waals surface area contributed by atoms with Gasteiger partial charge >= 0.3 is 0 Å². The molecule has 0 amide bonds. The van der Waals surface area contributed by atoms with E-state index >= 15 is 0 Å². The zero-order valence-electron chi connectivity index (χ0n) is 8.04. The summed E-state index contributed by atoms with van der Waals surface area (Å²) >= 11 is 0. The lowest BCUT2D eigenvalue weighted by Gasteiger charge is -2.10. The van der Waals surface area contributed by atoms with Gasteiger partial charge in [0, 0.05) is 6.54 Å². The maximum absolute atomic E-state index is 12.5. The summed E-state index contributed by atoms with van der Waals surface area (Å²) in [5.74, 6) is -0.197. The molecular weight excluding hydrogens is 206 g/mol. The smallest absolute Gasteiger partial charge is 0.284 e. The average molecular weight is 216 g/mol. The molecule has 0 unspecified atom stereocenters. The van der Waals surface area contributed by atoms with E-state index in [4.69, 9.17) is 10.5 Å². The Morgan fingerprint density at radius 1 is 1.67 bits per heavy atom. The molecule has 0 aliphatic rings. The van der Waals surface area contributed by atoms with Crippen LogP contribution in [0.3, 0.4) is 0 Å². The highest BCUT2D eigenvalue weighted by molar-refractivity contribution is 5.80. The van der Waals surface area contributed by atoms with Gasteiger partial charge in [-0.15, -0.1) is 0 Å². The van der Waals surface area contributed by atoms with Crippen LogP contribution in [0.15, 0.2) is 6.07 Å². The van der Waals surface area contributed by atoms with Crippen molar-refractivity contribution in [3.63, 3.8) is 0 Å². The Kier molecular flexibility index (Phi) is 3.68. The van der Waals surface area contributed by atoms with Gasteiger partial charge in [0.2, 0.25) is 0 Å². The van der Waals surface area contributed by atoms with E-state index in [9.17, 15) is 13.6 Å². The number of carbonyl (C=O) groups excluding carboxylic acids is 1. The number of methoxy groups -OCH3 is 1. The summed E-state index contributed by atoms with van der Waals surface area (Å²) in [5.41, 5.74) is 4.98. The molecule has 0 bridgehead atoms. The van der Waals surface area contributed by atoms with Gasteiger partial charge in [0.05, 0.1) is 18.4 Å². The SMILES string of the molecule is COc1c(C=O)cc(CN)nc1C(F)F. The van der Waals surface area contributed by atoms with Gasteiger partial charge in [0.15, 0.2) is 12.0 Å². The van der Waals surface area contributed by atoms with Gasteiger partial charge in [-0.2, -0.15) is 0 Å². The van der Waals surface area contributed by atoms with Gasteiger partial charge in [-0.25, -0.2) is 13.8 Å². The molecular formula is C9H10F2N2O2. The predicted molar refractivity (Wildman–Crippen MR) is 49.0 cm³/mol. The summed E-state index contributed by atoms with van der Waals surface area (Å²) in [4.78, 5) is 14.2. The van der Waals surface area contributed by atoms with Crippen LogP contribution < -0.4 is 10.5 Å². The minimum atomic E-state index is -2.80. The molecule has 0 saturated carbocycles. The van der Waals surface area contributed by atoms with E-state index in [-0.39, 0.29) is 23.6 Å². The largest absolute Gasteiger partial charge is 0.494 e. The lowest BCUT2D eigenvalue weighted by molar-refractivity contribution is 0.111. The number of carbonyl (C=O) groups is 1. The minimum absolute atomic E-state index is 0.00937. The quantitative estimate of drug-likeness (QED) is 0.770. The Bertz CT molecular complexity index is 369. The molecule has 1 aromatic heterocycles. The number of alkyl halides is 2. The summed E-state index contributed by atoms with van der Waals surface area (Å²) in [6.07, 6.45) is -2.36. The Morgan fingerprint density at radius 2 is 2.33 bits per heavy atom. The van der Waals surface area contributed by atoms with Crippen molar-refractivity contribution in [3.8, 4) is 5.75 Å². The number of nitrogens with zero attached hydrogens (tertiary/aromatic N) is 1. The third-order valence-electron chi connectivity index (χ3n) is 1.83. The van der Waals surface area contributed by atoms with Crippen molar-refractivity contribution >= 4 is 6.29 Å². The van der Waals surface area contributed by atoms with Crippen LogP contribution in [0.4, 0.5) is 8.78 Å². The fourth-order valence-electron chi connectivity index (χ4n) is 1.19. The van der Waals surface area contributed by atoms with Crippen molar-refractivity contribution in [1.82, 2.24) is 4.98 Å². The number of aldehydes is 1. The average Bonchev–Trinajstić information content (AvgIpc) is 2.26. The zero-order valence-corrected chi connectivity index (χ0v) is 8.04. The first kappa shape index (κ1) is 11.5. The van der Waals surface area contributed by atoms with Crippen molar-refractivity contribution in [2.75, 3.05) is 7.11 Å². The predicted octanol–water partition coefficient (Wildman–Crippen LogP) is 1.30. The lowest BCUT2D eigenvalue weighted by atomic mass is 10.1. The first-order valence-corrected chi connectivity index (χ1v) is 4.15. The molecule has 0 aliphatic heterocycles. The van der Waals surface area contributed by atoms with Crippen molar-refractivity contribution in [3.05, 3.63) is 23.0 Å². The monoisotopic (exact) mass is 216 g/mol. The summed E-state index contributed by atoms with van der Waals surface area (Å²) < 4.78 is 29.8. The molecule has 4 nitrogen and oxygen atoms in total. The van der Waals surface area contributed by atoms with E-state index in [1.807, 2.05) is 0 Å². The minimum Gasteiger partial charge on any atom is -0.494 e. The first-order valence-electron chi connectivity index (χ1n) is 4.15. The van der Waals surface area contributed by atoms with Gasteiger partial charge in [-0.05, 0) is 6.07 Å². The molecule has 1 rings (SSSR count). The highest BCUT2D eigenvalue weighted by atomic mass is 19.3. The van der Waals surface area contributed by atoms with Crippen molar-refractivity contribution in [1.29, 1.82) is 0 Å².